The van der Waals surface area contributed by atoms with Crippen molar-refractivity contribution in [3.8, 4) is 0 Å². The van der Waals surface area contributed by atoms with Crippen molar-refractivity contribution in [3.63, 3.8) is 0 Å². The van der Waals surface area contributed by atoms with Crippen LogP contribution in [0.4, 0.5) is 5.00 Å². The molecule has 1 aliphatic carbocycles. The lowest BCUT2D eigenvalue weighted by molar-refractivity contribution is 0.0932. The molecule has 3 nitrogen and oxygen atoms in total. The lowest BCUT2D eigenvalue weighted by Crippen LogP contribution is -2.35. The Morgan fingerprint density at radius 3 is 2.67 bits per heavy atom. The molecule has 1 fully saturated rings. The van der Waals surface area contributed by atoms with Gasteiger partial charge in [0.15, 0.2) is 0 Å². The standard InChI is InChI=1S/C11H16N2OS/c12-10-7-6-9(15-10)11(14)13-8-4-2-1-3-5-8/h6-8H,1-5,12H2,(H,13,14). The minimum absolute atomic E-state index is 0.0311. The number of carbonyl (C=O) groups is 1. The zero-order valence-corrected chi connectivity index (χ0v) is 9.48. The first-order chi connectivity index (χ1) is 7.25. The summed E-state index contributed by atoms with van der Waals surface area (Å²) in [6.07, 6.45) is 6.01. The van der Waals surface area contributed by atoms with Crippen LogP contribution in [0.25, 0.3) is 0 Å². The average molecular weight is 224 g/mol. The maximum atomic E-state index is 11.8. The first-order valence-electron chi connectivity index (χ1n) is 5.42. The molecule has 4 heteroatoms. The van der Waals surface area contributed by atoms with E-state index in [0.717, 1.165) is 17.7 Å². The maximum absolute atomic E-state index is 11.8. The van der Waals surface area contributed by atoms with Gasteiger partial charge >= 0.3 is 0 Å². The highest BCUT2D eigenvalue weighted by Crippen LogP contribution is 2.21. The second kappa shape index (κ2) is 4.66. The largest absolute Gasteiger partial charge is 0.391 e. The Balaban J connectivity index is 1.91. The molecule has 0 saturated heterocycles. The van der Waals surface area contributed by atoms with Crippen molar-refractivity contribution < 1.29 is 4.79 Å². The van der Waals surface area contributed by atoms with E-state index in [1.807, 2.05) is 0 Å². The molecule has 1 aromatic heterocycles. The molecule has 0 aromatic carbocycles. The number of amides is 1. The summed E-state index contributed by atoms with van der Waals surface area (Å²) in [5.41, 5.74) is 5.59. The predicted octanol–water partition coefficient (Wildman–Crippen LogP) is 2.39. The van der Waals surface area contributed by atoms with Gasteiger partial charge in [-0.15, -0.1) is 11.3 Å². The third-order valence-corrected chi connectivity index (χ3v) is 3.70. The third kappa shape index (κ3) is 2.72. The van der Waals surface area contributed by atoms with Gasteiger partial charge in [-0.25, -0.2) is 0 Å². The summed E-state index contributed by atoms with van der Waals surface area (Å²) in [5.74, 6) is 0.0311. The summed E-state index contributed by atoms with van der Waals surface area (Å²) in [6.45, 7) is 0. The van der Waals surface area contributed by atoms with Crippen molar-refractivity contribution in [2.45, 2.75) is 38.1 Å². The molecule has 0 unspecified atom stereocenters. The van der Waals surface area contributed by atoms with E-state index in [9.17, 15) is 4.79 Å². The monoisotopic (exact) mass is 224 g/mol. The van der Waals surface area contributed by atoms with Crippen molar-refractivity contribution in [1.82, 2.24) is 5.32 Å². The molecule has 0 aliphatic heterocycles. The van der Waals surface area contributed by atoms with Crippen LogP contribution in [0.15, 0.2) is 12.1 Å². The molecule has 0 spiro atoms. The van der Waals surface area contributed by atoms with Crippen LogP contribution < -0.4 is 11.1 Å². The second-order valence-electron chi connectivity index (χ2n) is 4.01. The predicted molar refractivity (Wildman–Crippen MR) is 63.1 cm³/mol. The van der Waals surface area contributed by atoms with E-state index in [2.05, 4.69) is 5.32 Å². The number of hydrogen-bond donors (Lipinski definition) is 2. The van der Waals surface area contributed by atoms with Crippen LogP contribution in [0.3, 0.4) is 0 Å². The fraction of sp³-hybridized carbons (Fsp3) is 0.545. The average Bonchev–Trinajstić information content (AvgIpc) is 2.66. The van der Waals surface area contributed by atoms with Crippen molar-refractivity contribution in [2.24, 2.45) is 0 Å². The zero-order valence-electron chi connectivity index (χ0n) is 8.66. The normalized spacial score (nSPS) is 17.6. The lowest BCUT2D eigenvalue weighted by atomic mass is 9.95. The van der Waals surface area contributed by atoms with E-state index in [-0.39, 0.29) is 5.91 Å². The second-order valence-corrected chi connectivity index (χ2v) is 5.13. The Kier molecular flexibility index (Phi) is 3.26. The topological polar surface area (TPSA) is 55.1 Å². The van der Waals surface area contributed by atoms with Crippen LogP contribution in [-0.2, 0) is 0 Å². The van der Waals surface area contributed by atoms with Crippen LogP contribution in [0.5, 0.6) is 0 Å². The Hall–Kier alpha value is -1.03. The zero-order chi connectivity index (χ0) is 10.7. The van der Waals surface area contributed by atoms with Gasteiger partial charge in [-0.3, -0.25) is 4.79 Å². The van der Waals surface area contributed by atoms with Crippen LogP contribution in [-0.4, -0.2) is 11.9 Å². The quantitative estimate of drug-likeness (QED) is 0.810. The van der Waals surface area contributed by atoms with Crippen molar-refractivity contribution in [1.29, 1.82) is 0 Å². The summed E-state index contributed by atoms with van der Waals surface area (Å²) in [6, 6.07) is 3.94. The maximum Gasteiger partial charge on any atom is 0.261 e. The molecule has 2 rings (SSSR count). The fourth-order valence-corrected chi connectivity index (χ4v) is 2.66. The summed E-state index contributed by atoms with van der Waals surface area (Å²) in [7, 11) is 0. The van der Waals surface area contributed by atoms with Gasteiger partial charge in [-0.2, -0.15) is 0 Å². The van der Waals surface area contributed by atoms with E-state index in [0.29, 0.717) is 11.0 Å². The Morgan fingerprint density at radius 1 is 1.33 bits per heavy atom. The molecular formula is C11H16N2OS. The van der Waals surface area contributed by atoms with E-state index >= 15 is 0 Å². The van der Waals surface area contributed by atoms with Gasteiger partial charge in [0.1, 0.15) is 0 Å². The van der Waals surface area contributed by atoms with Gasteiger partial charge in [0, 0.05) is 6.04 Å². The lowest BCUT2D eigenvalue weighted by Gasteiger charge is -2.22. The number of nitrogens with one attached hydrogen (secondary N) is 1. The Bertz CT molecular complexity index is 342. The van der Waals surface area contributed by atoms with E-state index in [1.54, 1.807) is 12.1 Å². The Morgan fingerprint density at radius 2 is 2.07 bits per heavy atom. The third-order valence-electron chi connectivity index (χ3n) is 2.79. The van der Waals surface area contributed by atoms with E-state index in [4.69, 9.17) is 5.73 Å². The van der Waals surface area contributed by atoms with Gasteiger partial charge in [0.05, 0.1) is 9.88 Å². The molecule has 1 aromatic rings. The van der Waals surface area contributed by atoms with Crippen LogP contribution in [0.1, 0.15) is 41.8 Å². The molecule has 0 radical (unpaired) electrons. The number of hydrogen-bond acceptors (Lipinski definition) is 3. The molecule has 15 heavy (non-hydrogen) atoms. The molecule has 0 bridgehead atoms. The van der Waals surface area contributed by atoms with Gasteiger partial charge < -0.3 is 11.1 Å². The number of anilines is 1. The molecule has 1 saturated carbocycles. The molecule has 1 heterocycles. The number of carbonyl (C=O) groups excluding carboxylic acids is 1. The molecule has 3 N–H and O–H groups in total. The first kappa shape index (κ1) is 10.5. The van der Waals surface area contributed by atoms with Crippen molar-refractivity contribution >= 4 is 22.2 Å². The molecular weight excluding hydrogens is 208 g/mol. The SMILES string of the molecule is Nc1ccc(C(=O)NC2CCCCC2)s1. The van der Waals surface area contributed by atoms with Gasteiger partial charge in [-0.1, -0.05) is 19.3 Å². The van der Waals surface area contributed by atoms with E-state index in [1.165, 1.54) is 30.6 Å². The van der Waals surface area contributed by atoms with Crippen LogP contribution in [0.2, 0.25) is 0 Å². The summed E-state index contributed by atoms with van der Waals surface area (Å²) in [4.78, 5) is 12.5. The highest BCUT2D eigenvalue weighted by Gasteiger charge is 2.17. The summed E-state index contributed by atoms with van der Waals surface area (Å²) in [5, 5.41) is 3.76. The Labute approximate surface area is 93.7 Å². The molecule has 1 aliphatic rings. The van der Waals surface area contributed by atoms with Gasteiger partial charge in [-0.05, 0) is 25.0 Å². The van der Waals surface area contributed by atoms with Crippen molar-refractivity contribution in [3.05, 3.63) is 17.0 Å². The molecule has 1 amide bonds. The number of nitrogen functional groups attached to an aromatic ring is 1. The number of nitrogens with two attached hydrogens (primary N) is 1. The minimum atomic E-state index is 0.0311. The first-order valence-corrected chi connectivity index (χ1v) is 6.23. The fourth-order valence-electron chi connectivity index (χ4n) is 1.98. The van der Waals surface area contributed by atoms with Gasteiger partial charge in [0.2, 0.25) is 0 Å². The van der Waals surface area contributed by atoms with Gasteiger partial charge in [0.25, 0.3) is 5.91 Å². The number of thiophene rings is 1. The van der Waals surface area contributed by atoms with Crippen LogP contribution >= 0.6 is 11.3 Å². The molecule has 0 atom stereocenters. The van der Waals surface area contributed by atoms with E-state index < -0.39 is 0 Å². The smallest absolute Gasteiger partial charge is 0.261 e. The van der Waals surface area contributed by atoms with Crippen molar-refractivity contribution in [2.75, 3.05) is 5.73 Å². The highest BCUT2D eigenvalue weighted by atomic mass is 32.1. The van der Waals surface area contributed by atoms with Crippen LogP contribution in [0, 0.1) is 0 Å². The summed E-state index contributed by atoms with van der Waals surface area (Å²) >= 11 is 1.35. The number of rotatable bonds is 2. The summed E-state index contributed by atoms with van der Waals surface area (Å²) < 4.78 is 0. The highest BCUT2D eigenvalue weighted by molar-refractivity contribution is 7.17. The molecule has 82 valence electrons. The minimum Gasteiger partial charge on any atom is -0.391 e.